The van der Waals surface area contributed by atoms with Crippen LogP contribution in [0.5, 0.6) is 5.75 Å². The number of sulfonamides is 1. The van der Waals surface area contributed by atoms with Crippen LogP contribution < -0.4 is 9.46 Å². The molecule has 100 valence electrons. The van der Waals surface area contributed by atoms with E-state index in [-0.39, 0.29) is 5.56 Å². The van der Waals surface area contributed by atoms with Crippen LogP contribution >= 0.6 is 0 Å². The molecule has 1 N–H and O–H groups in total. The van der Waals surface area contributed by atoms with E-state index >= 15 is 0 Å². The molecule has 0 fully saturated rings. The van der Waals surface area contributed by atoms with E-state index in [1.807, 2.05) is 4.72 Å². The minimum Gasteiger partial charge on any atom is -0.494 e. The SMILES string of the molecule is CCCCOc1cccc(C(=O)NS(C)(=O)=O)c1. The summed E-state index contributed by atoms with van der Waals surface area (Å²) in [5, 5.41) is 0. The summed E-state index contributed by atoms with van der Waals surface area (Å²) in [6.07, 6.45) is 2.89. The molecule has 1 aromatic rings. The molecule has 0 aliphatic carbocycles. The van der Waals surface area contributed by atoms with Crippen molar-refractivity contribution in [2.24, 2.45) is 0 Å². The van der Waals surface area contributed by atoms with Gasteiger partial charge in [-0.15, -0.1) is 0 Å². The summed E-state index contributed by atoms with van der Waals surface area (Å²) in [6.45, 7) is 2.63. The van der Waals surface area contributed by atoms with Crippen LogP contribution in [0.4, 0.5) is 0 Å². The molecule has 0 bridgehead atoms. The van der Waals surface area contributed by atoms with Crippen molar-refractivity contribution in [3.63, 3.8) is 0 Å². The number of nitrogens with one attached hydrogen (secondary N) is 1. The number of amides is 1. The van der Waals surface area contributed by atoms with Crippen molar-refractivity contribution < 1.29 is 17.9 Å². The average Bonchev–Trinajstić information content (AvgIpc) is 2.27. The van der Waals surface area contributed by atoms with Gasteiger partial charge in [0.1, 0.15) is 5.75 Å². The third-order valence-corrected chi connectivity index (χ3v) is 2.70. The van der Waals surface area contributed by atoms with Crippen LogP contribution in [0.25, 0.3) is 0 Å². The highest BCUT2D eigenvalue weighted by atomic mass is 32.2. The highest BCUT2D eigenvalue weighted by Gasteiger charge is 2.11. The Labute approximate surface area is 107 Å². The number of benzene rings is 1. The summed E-state index contributed by atoms with van der Waals surface area (Å²) in [7, 11) is -3.55. The van der Waals surface area contributed by atoms with E-state index in [4.69, 9.17) is 4.74 Å². The van der Waals surface area contributed by atoms with Crippen molar-refractivity contribution in [1.29, 1.82) is 0 Å². The van der Waals surface area contributed by atoms with Crippen molar-refractivity contribution in [2.75, 3.05) is 12.9 Å². The number of hydrogen-bond acceptors (Lipinski definition) is 4. The van der Waals surface area contributed by atoms with Gasteiger partial charge in [-0.25, -0.2) is 13.1 Å². The smallest absolute Gasteiger partial charge is 0.264 e. The standard InChI is InChI=1S/C12H17NO4S/c1-3-4-8-17-11-7-5-6-10(9-11)12(14)13-18(2,15)16/h5-7,9H,3-4,8H2,1-2H3,(H,13,14). The first kappa shape index (κ1) is 14.5. The van der Waals surface area contributed by atoms with E-state index in [2.05, 4.69) is 6.92 Å². The fourth-order valence-electron chi connectivity index (χ4n) is 1.29. The lowest BCUT2D eigenvalue weighted by Gasteiger charge is -2.07. The molecule has 1 aromatic carbocycles. The molecule has 1 amide bonds. The first-order valence-corrected chi connectivity index (χ1v) is 7.56. The maximum Gasteiger partial charge on any atom is 0.264 e. The Hall–Kier alpha value is -1.56. The van der Waals surface area contributed by atoms with Gasteiger partial charge in [0.15, 0.2) is 0 Å². The normalized spacial score (nSPS) is 11.0. The summed E-state index contributed by atoms with van der Waals surface area (Å²) in [6, 6.07) is 6.44. The third kappa shape index (κ3) is 5.18. The van der Waals surface area contributed by atoms with Gasteiger partial charge in [0.05, 0.1) is 12.9 Å². The van der Waals surface area contributed by atoms with Crippen molar-refractivity contribution in [3.8, 4) is 5.75 Å². The topological polar surface area (TPSA) is 72.5 Å². The molecule has 0 saturated heterocycles. The molecule has 0 atom stereocenters. The van der Waals surface area contributed by atoms with Crippen LogP contribution in [0.1, 0.15) is 30.1 Å². The lowest BCUT2D eigenvalue weighted by Crippen LogP contribution is -2.29. The van der Waals surface area contributed by atoms with Gasteiger partial charge in [-0.05, 0) is 24.6 Å². The number of rotatable bonds is 6. The molecular weight excluding hydrogens is 254 g/mol. The van der Waals surface area contributed by atoms with Crippen LogP contribution in [0, 0.1) is 0 Å². The summed E-state index contributed by atoms with van der Waals surface area (Å²) in [4.78, 5) is 11.6. The molecule has 0 radical (unpaired) electrons. The second-order valence-electron chi connectivity index (χ2n) is 3.93. The monoisotopic (exact) mass is 271 g/mol. The average molecular weight is 271 g/mol. The van der Waals surface area contributed by atoms with Crippen LogP contribution in [0.3, 0.4) is 0 Å². The van der Waals surface area contributed by atoms with E-state index in [1.165, 1.54) is 12.1 Å². The lowest BCUT2D eigenvalue weighted by atomic mass is 10.2. The number of carbonyl (C=O) groups excluding carboxylic acids is 1. The molecule has 0 unspecified atom stereocenters. The van der Waals surface area contributed by atoms with E-state index in [1.54, 1.807) is 12.1 Å². The van der Waals surface area contributed by atoms with E-state index in [0.29, 0.717) is 12.4 Å². The third-order valence-electron chi connectivity index (χ3n) is 2.14. The van der Waals surface area contributed by atoms with Crippen LogP contribution in [0.15, 0.2) is 24.3 Å². The van der Waals surface area contributed by atoms with Gasteiger partial charge >= 0.3 is 0 Å². The Bertz CT molecular complexity index is 511. The van der Waals surface area contributed by atoms with E-state index in [0.717, 1.165) is 19.1 Å². The second kappa shape index (κ2) is 6.39. The largest absolute Gasteiger partial charge is 0.494 e. The van der Waals surface area contributed by atoms with Gasteiger partial charge in [0.2, 0.25) is 10.0 Å². The van der Waals surface area contributed by atoms with E-state index < -0.39 is 15.9 Å². The summed E-state index contributed by atoms with van der Waals surface area (Å²) in [5.41, 5.74) is 0.259. The van der Waals surface area contributed by atoms with Crippen LogP contribution in [0.2, 0.25) is 0 Å². The summed E-state index contributed by atoms with van der Waals surface area (Å²) < 4.78 is 29.2. The Morgan fingerprint density at radius 3 is 2.72 bits per heavy atom. The van der Waals surface area contributed by atoms with Gasteiger partial charge in [-0.2, -0.15) is 0 Å². The van der Waals surface area contributed by atoms with Crippen molar-refractivity contribution in [2.45, 2.75) is 19.8 Å². The molecule has 0 spiro atoms. The zero-order valence-corrected chi connectivity index (χ0v) is 11.3. The molecule has 0 aliphatic rings. The fourth-order valence-corrected chi connectivity index (χ4v) is 1.74. The van der Waals surface area contributed by atoms with Crippen molar-refractivity contribution in [3.05, 3.63) is 29.8 Å². The molecule has 5 nitrogen and oxygen atoms in total. The minimum atomic E-state index is -3.55. The summed E-state index contributed by atoms with van der Waals surface area (Å²) >= 11 is 0. The zero-order chi connectivity index (χ0) is 13.6. The molecule has 1 rings (SSSR count). The van der Waals surface area contributed by atoms with Crippen LogP contribution in [-0.4, -0.2) is 27.2 Å². The Morgan fingerprint density at radius 1 is 1.39 bits per heavy atom. The van der Waals surface area contributed by atoms with Gasteiger partial charge in [-0.3, -0.25) is 4.79 Å². The first-order valence-electron chi connectivity index (χ1n) is 5.67. The molecule has 0 aromatic heterocycles. The molecule has 6 heteroatoms. The molecule has 0 saturated carbocycles. The van der Waals surface area contributed by atoms with Crippen molar-refractivity contribution in [1.82, 2.24) is 4.72 Å². The van der Waals surface area contributed by atoms with Crippen molar-refractivity contribution >= 4 is 15.9 Å². The molecule has 18 heavy (non-hydrogen) atoms. The maximum atomic E-state index is 11.6. The number of ether oxygens (including phenoxy) is 1. The van der Waals surface area contributed by atoms with Gasteiger partial charge in [0.25, 0.3) is 5.91 Å². The number of hydrogen-bond donors (Lipinski definition) is 1. The predicted octanol–water partition coefficient (Wildman–Crippen LogP) is 1.55. The Kier molecular flexibility index (Phi) is 5.15. The van der Waals surface area contributed by atoms with Gasteiger partial charge < -0.3 is 4.74 Å². The lowest BCUT2D eigenvalue weighted by molar-refractivity contribution is 0.0981. The first-order chi connectivity index (χ1) is 8.42. The highest BCUT2D eigenvalue weighted by molar-refractivity contribution is 7.89. The minimum absolute atomic E-state index is 0.259. The maximum absolute atomic E-state index is 11.6. The molecule has 0 aliphatic heterocycles. The van der Waals surface area contributed by atoms with Crippen LogP contribution in [-0.2, 0) is 10.0 Å². The van der Waals surface area contributed by atoms with E-state index in [9.17, 15) is 13.2 Å². The number of carbonyl (C=O) groups is 1. The van der Waals surface area contributed by atoms with Gasteiger partial charge in [0, 0.05) is 5.56 Å². The molecular formula is C12H17NO4S. The highest BCUT2D eigenvalue weighted by Crippen LogP contribution is 2.13. The fraction of sp³-hybridized carbons (Fsp3) is 0.417. The Balaban J connectivity index is 2.72. The quantitative estimate of drug-likeness (QED) is 0.797. The second-order valence-corrected chi connectivity index (χ2v) is 5.68. The van der Waals surface area contributed by atoms with Gasteiger partial charge in [-0.1, -0.05) is 19.4 Å². The number of unbranched alkanes of at least 4 members (excludes halogenated alkanes) is 1. The zero-order valence-electron chi connectivity index (χ0n) is 10.5. The predicted molar refractivity (Wildman–Crippen MR) is 69.2 cm³/mol. The summed E-state index contributed by atoms with van der Waals surface area (Å²) in [5.74, 6) is -0.0944. The Morgan fingerprint density at radius 2 is 2.11 bits per heavy atom. The molecule has 0 heterocycles.